The van der Waals surface area contributed by atoms with Gasteiger partial charge in [-0.05, 0) is 29.8 Å². The molecule has 0 heterocycles. The van der Waals surface area contributed by atoms with Crippen LogP contribution in [0, 0.1) is 5.82 Å². The monoisotopic (exact) mass is 319 g/mol. The number of hydrogen-bond donors (Lipinski definition) is 1. The lowest BCUT2D eigenvalue weighted by Gasteiger charge is -2.11. The summed E-state index contributed by atoms with van der Waals surface area (Å²) in [6.45, 7) is 0. The smallest absolute Gasteiger partial charge is 0.228 e. The molecule has 5 nitrogen and oxygen atoms in total. The second-order valence-electron chi connectivity index (χ2n) is 4.76. The van der Waals surface area contributed by atoms with E-state index in [1.807, 2.05) is 0 Å². The SMILES string of the molecule is COc1ccc(CC(=O)Nc2ccc(OC)c(OC)c2)cc1F. The molecule has 122 valence electrons. The zero-order valence-electron chi connectivity index (χ0n) is 13.2. The average Bonchev–Trinajstić information content (AvgIpc) is 2.54. The van der Waals surface area contributed by atoms with Crippen LogP contribution in [0.15, 0.2) is 36.4 Å². The summed E-state index contributed by atoms with van der Waals surface area (Å²) < 4.78 is 28.8. The molecule has 23 heavy (non-hydrogen) atoms. The molecule has 0 spiro atoms. The predicted molar refractivity (Wildman–Crippen MR) is 84.8 cm³/mol. The fourth-order valence-electron chi connectivity index (χ4n) is 2.12. The first kappa shape index (κ1) is 16.6. The van der Waals surface area contributed by atoms with E-state index in [1.165, 1.54) is 33.5 Å². The van der Waals surface area contributed by atoms with Crippen molar-refractivity contribution < 1.29 is 23.4 Å². The number of rotatable bonds is 6. The molecule has 0 radical (unpaired) electrons. The Balaban J connectivity index is 2.06. The summed E-state index contributed by atoms with van der Waals surface area (Å²) in [6, 6.07) is 9.48. The Labute approximate surface area is 134 Å². The Morgan fingerprint density at radius 3 is 2.22 bits per heavy atom. The fraction of sp³-hybridized carbons (Fsp3) is 0.235. The van der Waals surface area contributed by atoms with Crippen molar-refractivity contribution in [3.05, 3.63) is 47.8 Å². The summed E-state index contributed by atoms with van der Waals surface area (Å²) in [6.07, 6.45) is 0.0509. The van der Waals surface area contributed by atoms with Crippen LogP contribution >= 0.6 is 0 Å². The number of nitrogens with one attached hydrogen (secondary N) is 1. The number of ether oxygens (including phenoxy) is 3. The van der Waals surface area contributed by atoms with Gasteiger partial charge in [0.1, 0.15) is 0 Å². The number of halogens is 1. The van der Waals surface area contributed by atoms with Gasteiger partial charge in [-0.1, -0.05) is 6.07 Å². The highest BCUT2D eigenvalue weighted by molar-refractivity contribution is 5.92. The van der Waals surface area contributed by atoms with Crippen LogP contribution in [-0.4, -0.2) is 27.2 Å². The van der Waals surface area contributed by atoms with Crippen molar-refractivity contribution in [2.75, 3.05) is 26.6 Å². The van der Waals surface area contributed by atoms with E-state index >= 15 is 0 Å². The molecule has 0 unspecified atom stereocenters. The lowest BCUT2D eigenvalue weighted by atomic mass is 10.1. The van der Waals surface area contributed by atoms with Crippen molar-refractivity contribution in [3.8, 4) is 17.2 Å². The van der Waals surface area contributed by atoms with E-state index in [2.05, 4.69) is 5.32 Å². The summed E-state index contributed by atoms with van der Waals surface area (Å²) in [5, 5.41) is 2.74. The second-order valence-corrected chi connectivity index (χ2v) is 4.76. The molecule has 0 aliphatic heterocycles. The minimum absolute atomic E-state index is 0.0509. The molecule has 1 amide bonds. The van der Waals surface area contributed by atoms with Gasteiger partial charge in [-0.15, -0.1) is 0 Å². The molecule has 6 heteroatoms. The van der Waals surface area contributed by atoms with Crippen LogP contribution in [0.4, 0.5) is 10.1 Å². The van der Waals surface area contributed by atoms with Crippen LogP contribution in [0.3, 0.4) is 0 Å². The molecule has 2 aromatic rings. The van der Waals surface area contributed by atoms with Crippen molar-refractivity contribution >= 4 is 11.6 Å². The molecule has 0 fully saturated rings. The van der Waals surface area contributed by atoms with Crippen molar-refractivity contribution in [1.29, 1.82) is 0 Å². The molecular weight excluding hydrogens is 301 g/mol. The minimum Gasteiger partial charge on any atom is -0.494 e. The second kappa shape index (κ2) is 7.49. The third kappa shape index (κ3) is 4.12. The maximum absolute atomic E-state index is 13.6. The first-order valence-electron chi connectivity index (χ1n) is 6.91. The topological polar surface area (TPSA) is 56.8 Å². The Morgan fingerprint density at radius 2 is 1.61 bits per heavy atom. The molecular formula is C17H18FNO4. The molecule has 2 aromatic carbocycles. The standard InChI is InChI=1S/C17H18FNO4/c1-21-14-6-4-11(8-13(14)18)9-17(20)19-12-5-7-15(22-2)16(10-12)23-3/h4-8,10H,9H2,1-3H3,(H,19,20). The quantitative estimate of drug-likeness (QED) is 0.889. The largest absolute Gasteiger partial charge is 0.494 e. The highest BCUT2D eigenvalue weighted by atomic mass is 19.1. The molecule has 0 saturated carbocycles. The molecule has 0 aromatic heterocycles. The van der Waals surface area contributed by atoms with Crippen LogP contribution in [0.2, 0.25) is 0 Å². The van der Waals surface area contributed by atoms with Gasteiger partial charge in [0.05, 0.1) is 27.8 Å². The number of methoxy groups -OCH3 is 3. The highest BCUT2D eigenvalue weighted by Gasteiger charge is 2.10. The van der Waals surface area contributed by atoms with Gasteiger partial charge in [-0.25, -0.2) is 4.39 Å². The molecule has 0 saturated heterocycles. The van der Waals surface area contributed by atoms with Gasteiger partial charge in [0, 0.05) is 11.8 Å². The lowest BCUT2D eigenvalue weighted by molar-refractivity contribution is -0.115. The van der Waals surface area contributed by atoms with Gasteiger partial charge < -0.3 is 19.5 Å². The highest BCUT2D eigenvalue weighted by Crippen LogP contribution is 2.29. The first-order valence-corrected chi connectivity index (χ1v) is 6.91. The Morgan fingerprint density at radius 1 is 0.957 bits per heavy atom. The maximum atomic E-state index is 13.6. The van der Waals surface area contributed by atoms with E-state index in [0.29, 0.717) is 22.7 Å². The zero-order valence-corrected chi connectivity index (χ0v) is 13.2. The molecule has 0 atom stereocenters. The molecule has 0 aliphatic carbocycles. The van der Waals surface area contributed by atoms with Crippen LogP contribution < -0.4 is 19.5 Å². The number of hydrogen-bond acceptors (Lipinski definition) is 4. The van der Waals surface area contributed by atoms with E-state index in [0.717, 1.165) is 0 Å². The van der Waals surface area contributed by atoms with Gasteiger partial charge in [0.2, 0.25) is 5.91 Å². The number of benzene rings is 2. The summed E-state index contributed by atoms with van der Waals surface area (Å²) in [7, 11) is 4.44. The number of amides is 1. The molecule has 1 N–H and O–H groups in total. The van der Waals surface area contributed by atoms with Crippen molar-refractivity contribution in [2.45, 2.75) is 6.42 Å². The normalized spacial score (nSPS) is 10.1. The zero-order chi connectivity index (χ0) is 16.8. The first-order chi connectivity index (χ1) is 11.1. The van der Waals surface area contributed by atoms with Crippen molar-refractivity contribution in [2.24, 2.45) is 0 Å². The average molecular weight is 319 g/mol. The number of carbonyl (C=O) groups excluding carboxylic acids is 1. The molecule has 0 aliphatic rings. The summed E-state index contributed by atoms with van der Waals surface area (Å²) in [5.74, 6) is 0.475. The van der Waals surface area contributed by atoms with Crippen LogP contribution in [-0.2, 0) is 11.2 Å². The van der Waals surface area contributed by atoms with E-state index in [4.69, 9.17) is 14.2 Å². The van der Waals surface area contributed by atoms with Gasteiger partial charge in [-0.2, -0.15) is 0 Å². The number of carbonyl (C=O) groups is 1. The van der Waals surface area contributed by atoms with Crippen LogP contribution in [0.25, 0.3) is 0 Å². The predicted octanol–water partition coefficient (Wildman–Crippen LogP) is 3.03. The lowest BCUT2D eigenvalue weighted by Crippen LogP contribution is -2.14. The summed E-state index contributed by atoms with van der Waals surface area (Å²) in [5.41, 5.74) is 1.13. The van der Waals surface area contributed by atoms with E-state index in [-0.39, 0.29) is 18.1 Å². The van der Waals surface area contributed by atoms with Crippen LogP contribution in [0.1, 0.15) is 5.56 Å². The van der Waals surface area contributed by atoms with Gasteiger partial charge in [0.15, 0.2) is 23.1 Å². The van der Waals surface area contributed by atoms with E-state index < -0.39 is 5.82 Å². The van der Waals surface area contributed by atoms with Crippen LogP contribution in [0.5, 0.6) is 17.2 Å². The van der Waals surface area contributed by atoms with Crippen molar-refractivity contribution in [3.63, 3.8) is 0 Å². The maximum Gasteiger partial charge on any atom is 0.228 e. The fourth-order valence-corrected chi connectivity index (χ4v) is 2.12. The van der Waals surface area contributed by atoms with Gasteiger partial charge >= 0.3 is 0 Å². The molecule has 2 rings (SSSR count). The number of anilines is 1. The Hall–Kier alpha value is -2.76. The third-order valence-electron chi connectivity index (χ3n) is 3.25. The van der Waals surface area contributed by atoms with E-state index in [1.54, 1.807) is 24.3 Å². The van der Waals surface area contributed by atoms with Crippen molar-refractivity contribution in [1.82, 2.24) is 0 Å². The molecule has 0 bridgehead atoms. The Bertz CT molecular complexity index is 703. The Kier molecular flexibility index (Phi) is 5.41. The summed E-state index contributed by atoms with van der Waals surface area (Å²) in [4.78, 5) is 12.1. The summed E-state index contributed by atoms with van der Waals surface area (Å²) >= 11 is 0. The third-order valence-corrected chi connectivity index (χ3v) is 3.25. The van der Waals surface area contributed by atoms with Gasteiger partial charge in [0.25, 0.3) is 0 Å². The van der Waals surface area contributed by atoms with E-state index in [9.17, 15) is 9.18 Å². The van der Waals surface area contributed by atoms with Gasteiger partial charge in [-0.3, -0.25) is 4.79 Å². The minimum atomic E-state index is -0.496.